The Hall–Kier alpha value is -2.76. The van der Waals surface area contributed by atoms with E-state index in [1.807, 2.05) is 13.8 Å². The topological polar surface area (TPSA) is 154 Å². The van der Waals surface area contributed by atoms with Gasteiger partial charge in [-0.3, -0.25) is 24.0 Å². The molecule has 0 saturated carbocycles. The molecule has 1 saturated heterocycles. The van der Waals surface area contributed by atoms with E-state index in [2.05, 4.69) is 21.1 Å². The van der Waals surface area contributed by atoms with Gasteiger partial charge in [0.15, 0.2) is 0 Å². The first-order valence-corrected chi connectivity index (χ1v) is 12.8. The average molecular weight is 498 g/mol. The third-order valence-electron chi connectivity index (χ3n) is 5.55. The van der Waals surface area contributed by atoms with Gasteiger partial charge >= 0.3 is 0 Å². The van der Waals surface area contributed by atoms with E-state index in [1.54, 1.807) is 4.90 Å². The van der Waals surface area contributed by atoms with Crippen LogP contribution in [0.25, 0.3) is 0 Å². The van der Waals surface area contributed by atoms with Gasteiger partial charge in [0.05, 0.1) is 11.5 Å². The first-order valence-electron chi connectivity index (χ1n) is 11.6. The molecular formula is C22H35N5O6S. The number of hydrogen-bond acceptors (Lipinski definition) is 7. The molecule has 4 N–H and O–H groups in total. The van der Waals surface area contributed by atoms with Crippen LogP contribution in [0, 0.1) is 5.92 Å². The maximum Gasteiger partial charge on any atom is 0.280 e. The van der Waals surface area contributed by atoms with Crippen molar-refractivity contribution in [3.63, 3.8) is 0 Å². The minimum Gasteiger partial charge on any atom is -0.383 e. The molecule has 1 aromatic heterocycles. The molecule has 1 aromatic rings. The number of nitrogens with one attached hydrogen (secondary N) is 4. The predicted octanol–water partition coefficient (Wildman–Crippen LogP) is 0.0194. The number of amides is 4. The molecular weight excluding hydrogens is 462 g/mol. The van der Waals surface area contributed by atoms with Gasteiger partial charge < -0.3 is 25.4 Å². The standard InChI is InChI=1S/C22H35N5O6S/c1-3-15(2)12-24-22(32)17(10-16-11-18(28)26-33-16)25-20(30)14-34-13-19(29)23-7-9-27-8-5-4-6-21(27)31/h11,15,17H,3-10,12-14H2,1-2H3,(H,23,29)(H,24,32)(H,25,30)(H,26,28)/t15?,17-/m0/s1. The Labute approximate surface area is 203 Å². The third-order valence-corrected chi connectivity index (χ3v) is 6.48. The van der Waals surface area contributed by atoms with Crippen LogP contribution < -0.4 is 21.5 Å². The number of carbonyl (C=O) groups excluding carboxylic acids is 4. The van der Waals surface area contributed by atoms with Gasteiger partial charge in [-0.1, -0.05) is 20.3 Å². The molecule has 1 unspecified atom stereocenters. The van der Waals surface area contributed by atoms with E-state index < -0.39 is 17.5 Å². The van der Waals surface area contributed by atoms with E-state index in [-0.39, 0.29) is 47.3 Å². The monoisotopic (exact) mass is 497 g/mol. The molecule has 2 atom stereocenters. The first-order chi connectivity index (χ1) is 16.3. The van der Waals surface area contributed by atoms with Gasteiger partial charge in [-0.05, 0) is 18.8 Å². The van der Waals surface area contributed by atoms with Crippen molar-refractivity contribution in [1.29, 1.82) is 0 Å². The Morgan fingerprint density at radius 2 is 1.94 bits per heavy atom. The molecule has 0 aromatic carbocycles. The summed E-state index contributed by atoms with van der Waals surface area (Å²) in [5.74, 6) is -0.262. The molecule has 2 heterocycles. The van der Waals surface area contributed by atoms with E-state index in [0.717, 1.165) is 37.6 Å². The lowest BCUT2D eigenvalue weighted by atomic mass is 10.1. The van der Waals surface area contributed by atoms with Gasteiger partial charge in [0, 0.05) is 45.1 Å². The number of rotatable bonds is 14. The Morgan fingerprint density at radius 1 is 1.18 bits per heavy atom. The predicted molar refractivity (Wildman–Crippen MR) is 128 cm³/mol. The number of nitrogens with zero attached hydrogens (tertiary/aromatic N) is 1. The lowest BCUT2D eigenvalue weighted by Gasteiger charge is -2.26. The number of H-pyrrole nitrogens is 1. The Morgan fingerprint density at radius 3 is 2.62 bits per heavy atom. The summed E-state index contributed by atoms with van der Waals surface area (Å²) in [6.07, 6.45) is 3.39. The summed E-state index contributed by atoms with van der Waals surface area (Å²) in [7, 11) is 0. The van der Waals surface area contributed by atoms with Gasteiger partial charge in [-0.2, -0.15) is 5.16 Å². The van der Waals surface area contributed by atoms with Crippen LogP contribution in [0.2, 0.25) is 0 Å². The fraction of sp³-hybridized carbons (Fsp3) is 0.682. The lowest BCUT2D eigenvalue weighted by molar-refractivity contribution is -0.133. The number of carbonyl (C=O) groups is 4. The average Bonchev–Trinajstić information content (AvgIpc) is 3.22. The molecule has 4 amide bonds. The largest absolute Gasteiger partial charge is 0.383 e. The summed E-state index contributed by atoms with van der Waals surface area (Å²) >= 11 is 1.13. The number of hydrogen-bond donors (Lipinski definition) is 4. The zero-order chi connectivity index (χ0) is 24.9. The zero-order valence-corrected chi connectivity index (χ0v) is 20.6. The molecule has 0 bridgehead atoms. The van der Waals surface area contributed by atoms with Crippen molar-refractivity contribution in [3.8, 4) is 0 Å². The smallest absolute Gasteiger partial charge is 0.280 e. The maximum absolute atomic E-state index is 12.6. The number of aromatic amines is 1. The lowest BCUT2D eigenvalue weighted by Crippen LogP contribution is -2.49. The number of aromatic nitrogens is 1. The second kappa shape index (κ2) is 14.5. The fourth-order valence-electron chi connectivity index (χ4n) is 3.33. The Kier molecular flexibility index (Phi) is 11.7. The van der Waals surface area contributed by atoms with E-state index >= 15 is 0 Å². The van der Waals surface area contributed by atoms with E-state index in [9.17, 15) is 24.0 Å². The molecule has 0 spiro atoms. The molecule has 0 aliphatic carbocycles. The van der Waals surface area contributed by atoms with Crippen LogP contribution in [0.1, 0.15) is 45.3 Å². The normalized spacial score (nSPS) is 15.5. The van der Waals surface area contributed by atoms with Gasteiger partial charge in [-0.25, -0.2) is 0 Å². The van der Waals surface area contributed by atoms with Crippen molar-refractivity contribution in [2.45, 2.75) is 52.0 Å². The van der Waals surface area contributed by atoms with E-state index in [0.29, 0.717) is 26.1 Å². The SMILES string of the molecule is CCC(C)CNC(=O)[C@H](Cc1cc(=O)[nH]o1)NC(=O)CSCC(=O)NCCN1CCCCC1=O. The second-order valence-electron chi connectivity index (χ2n) is 8.44. The molecule has 1 fully saturated rings. The van der Waals surface area contributed by atoms with E-state index in [1.165, 1.54) is 6.07 Å². The van der Waals surface area contributed by atoms with Crippen molar-refractivity contribution >= 4 is 35.4 Å². The number of thioether (sulfide) groups is 1. The maximum atomic E-state index is 12.6. The van der Waals surface area contributed by atoms with Crippen LogP contribution in [0.4, 0.5) is 0 Å². The summed E-state index contributed by atoms with van der Waals surface area (Å²) in [6, 6.07) is 0.324. The molecule has 12 heteroatoms. The quantitative estimate of drug-likeness (QED) is 0.283. The van der Waals surface area contributed by atoms with Crippen molar-refractivity contribution in [3.05, 3.63) is 22.2 Å². The fourth-order valence-corrected chi connectivity index (χ4v) is 3.98. The third kappa shape index (κ3) is 10.0. The highest BCUT2D eigenvalue weighted by Gasteiger charge is 2.23. The van der Waals surface area contributed by atoms with Gasteiger partial charge in [0.25, 0.3) is 5.56 Å². The molecule has 190 valence electrons. The van der Waals surface area contributed by atoms with Crippen LogP contribution in [-0.4, -0.2) is 77.4 Å². The van der Waals surface area contributed by atoms with Crippen molar-refractivity contribution < 1.29 is 23.7 Å². The highest BCUT2D eigenvalue weighted by molar-refractivity contribution is 8.00. The minimum atomic E-state index is -0.910. The van der Waals surface area contributed by atoms with Crippen molar-refractivity contribution in [2.24, 2.45) is 5.92 Å². The molecule has 1 aliphatic heterocycles. The molecule has 34 heavy (non-hydrogen) atoms. The van der Waals surface area contributed by atoms with Crippen LogP contribution in [0.3, 0.4) is 0 Å². The second-order valence-corrected chi connectivity index (χ2v) is 9.43. The molecule has 0 radical (unpaired) electrons. The summed E-state index contributed by atoms with van der Waals surface area (Å²) in [4.78, 5) is 61.9. The molecule has 11 nitrogen and oxygen atoms in total. The van der Waals surface area contributed by atoms with Crippen molar-refractivity contribution in [2.75, 3.05) is 37.7 Å². The van der Waals surface area contributed by atoms with Gasteiger partial charge in [0.2, 0.25) is 23.6 Å². The van der Waals surface area contributed by atoms with Crippen LogP contribution >= 0.6 is 11.8 Å². The van der Waals surface area contributed by atoms with Gasteiger partial charge in [0.1, 0.15) is 11.8 Å². The summed E-state index contributed by atoms with van der Waals surface area (Å²) in [6.45, 7) is 6.07. The number of piperidine rings is 1. The highest BCUT2D eigenvalue weighted by atomic mass is 32.2. The van der Waals surface area contributed by atoms with Crippen LogP contribution in [0.15, 0.2) is 15.4 Å². The van der Waals surface area contributed by atoms with Gasteiger partial charge in [-0.15, -0.1) is 11.8 Å². The first kappa shape index (κ1) is 27.5. The summed E-state index contributed by atoms with van der Waals surface area (Å²) < 4.78 is 5.02. The molecule has 1 aliphatic rings. The number of likely N-dealkylation sites (tertiary alicyclic amines) is 1. The minimum absolute atomic E-state index is 0.00966. The van der Waals surface area contributed by atoms with E-state index in [4.69, 9.17) is 4.52 Å². The zero-order valence-electron chi connectivity index (χ0n) is 19.8. The summed E-state index contributed by atoms with van der Waals surface area (Å²) in [5, 5.41) is 10.4. The van der Waals surface area contributed by atoms with Crippen molar-refractivity contribution in [1.82, 2.24) is 26.0 Å². The highest BCUT2D eigenvalue weighted by Crippen LogP contribution is 2.09. The van der Waals surface area contributed by atoms with Crippen LogP contribution in [-0.2, 0) is 25.6 Å². The summed E-state index contributed by atoms with van der Waals surface area (Å²) in [5.41, 5.74) is -0.425. The van der Waals surface area contributed by atoms with Crippen LogP contribution in [0.5, 0.6) is 0 Å². The Balaban J connectivity index is 1.74. The molecule has 2 rings (SSSR count). The Bertz CT molecular complexity index is 885.